The van der Waals surface area contributed by atoms with Crippen LogP contribution in [0.25, 0.3) is 0 Å². The van der Waals surface area contributed by atoms with Gasteiger partial charge in [0, 0.05) is 22.1 Å². The minimum atomic E-state index is -0.303. The minimum Gasteiger partial charge on any atom is -0.377 e. The first-order valence-electron chi connectivity index (χ1n) is 8.03. The van der Waals surface area contributed by atoms with Crippen molar-refractivity contribution in [3.8, 4) is 0 Å². The van der Waals surface area contributed by atoms with Crippen molar-refractivity contribution in [3.63, 3.8) is 0 Å². The number of benzene rings is 2. The molecule has 1 N–H and O–H groups in total. The highest BCUT2D eigenvalue weighted by Crippen LogP contribution is 2.51. The third kappa shape index (κ3) is 2.35. The first kappa shape index (κ1) is 15.4. The Balaban J connectivity index is 1.83. The Kier molecular flexibility index (Phi) is 3.68. The standard InChI is InChI=1S/C19H17BrN2O2/c1-11-17(22(23)24)10-9-16-14-3-2-4-15(14)19(21-18(11)16)12-5-7-13(20)8-6-12/h2-3,5-10,14-15,19,21H,4H2,1H3. The maximum absolute atomic E-state index is 11.3. The Morgan fingerprint density at radius 2 is 1.96 bits per heavy atom. The summed E-state index contributed by atoms with van der Waals surface area (Å²) in [5, 5.41) is 14.9. The Labute approximate surface area is 148 Å². The fraction of sp³-hybridized carbons (Fsp3) is 0.263. The van der Waals surface area contributed by atoms with E-state index in [0.29, 0.717) is 11.8 Å². The minimum absolute atomic E-state index is 0.159. The smallest absolute Gasteiger partial charge is 0.274 e. The summed E-state index contributed by atoms with van der Waals surface area (Å²) in [7, 11) is 0. The highest BCUT2D eigenvalue weighted by Gasteiger charge is 2.39. The summed E-state index contributed by atoms with van der Waals surface area (Å²) in [6.45, 7) is 1.83. The topological polar surface area (TPSA) is 55.2 Å². The van der Waals surface area contributed by atoms with Crippen molar-refractivity contribution in [3.05, 3.63) is 79.8 Å². The average molecular weight is 385 g/mol. The predicted molar refractivity (Wildman–Crippen MR) is 98.3 cm³/mol. The van der Waals surface area contributed by atoms with Crippen molar-refractivity contribution >= 4 is 27.3 Å². The zero-order chi connectivity index (χ0) is 16.8. The van der Waals surface area contributed by atoms with Crippen LogP contribution in [0.15, 0.2) is 53.0 Å². The number of hydrogen-bond acceptors (Lipinski definition) is 3. The van der Waals surface area contributed by atoms with Gasteiger partial charge in [-0.15, -0.1) is 0 Å². The number of anilines is 1. The number of nitrogens with zero attached hydrogens (tertiary/aromatic N) is 1. The van der Waals surface area contributed by atoms with Crippen LogP contribution >= 0.6 is 15.9 Å². The molecule has 0 bridgehead atoms. The van der Waals surface area contributed by atoms with Crippen LogP contribution in [-0.2, 0) is 0 Å². The lowest BCUT2D eigenvalue weighted by molar-refractivity contribution is -0.385. The first-order valence-corrected chi connectivity index (χ1v) is 8.82. The number of hydrogen-bond donors (Lipinski definition) is 1. The lowest BCUT2D eigenvalue weighted by atomic mass is 9.76. The summed E-state index contributed by atoms with van der Waals surface area (Å²) in [5.41, 5.74) is 4.21. The third-order valence-corrected chi connectivity index (χ3v) is 5.72. The fourth-order valence-corrected chi connectivity index (χ4v) is 4.27. The van der Waals surface area contributed by atoms with Crippen LogP contribution in [0.4, 0.5) is 11.4 Å². The van der Waals surface area contributed by atoms with Crippen LogP contribution in [0.3, 0.4) is 0 Å². The number of nitro groups is 1. The van der Waals surface area contributed by atoms with Gasteiger partial charge in [-0.3, -0.25) is 10.1 Å². The summed E-state index contributed by atoms with van der Waals surface area (Å²) in [6, 6.07) is 12.0. The van der Waals surface area contributed by atoms with Crippen LogP contribution in [-0.4, -0.2) is 4.92 Å². The lowest BCUT2D eigenvalue weighted by Crippen LogP contribution is -2.29. The summed E-state index contributed by atoms with van der Waals surface area (Å²) in [5.74, 6) is 0.758. The molecule has 24 heavy (non-hydrogen) atoms. The fourth-order valence-electron chi connectivity index (χ4n) is 4.00. The molecule has 122 valence electrons. The van der Waals surface area contributed by atoms with Crippen molar-refractivity contribution < 1.29 is 4.92 Å². The van der Waals surface area contributed by atoms with Gasteiger partial charge in [0.25, 0.3) is 5.69 Å². The summed E-state index contributed by atoms with van der Waals surface area (Å²) < 4.78 is 1.05. The molecular weight excluding hydrogens is 368 g/mol. The Morgan fingerprint density at radius 1 is 1.21 bits per heavy atom. The molecule has 0 aromatic heterocycles. The van der Waals surface area contributed by atoms with Crippen molar-refractivity contribution in [2.45, 2.75) is 25.3 Å². The zero-order valence-corrected chi connectivity index (χ0v) is 14.8. The van der Waals surface area contributed by atoms with E-state index in [1.807, 2.05) is 25.1 Å². The highest BCUT2D eigenvalue weighted by molar-refractivity contribution is 9.10. The van der Waals surface area contributed by atoms with Crippen LogP contribution in [0, 0.1) is 23.0 Å². The number of nitro benzene ring substituents is 1. The van der Waals surface area contributed by atoms with Crippen LogP contribution < -0.4 is 5.32 Å². The molecule has 2 aliphatic rings. The zero-order valence-electron chi connectivity index (χ0n) is 13.2. The molecule has 0 fully saturated rings. The van der Waals surface area contributed by atoms with Gasteiger partial charge < -0.3 is 5.32 Å². The van der Waals surface area contributed by atoms with Crippen LogP contribution in [0.2, 0.25) is 0 Å². The van der Waals surface area contributed by atoms with E-state index in [2.05, 4.69) is 45.5 Å². The van der Waals surface area contributed by atoms with Crippen LogP contribution in [0.5, 0.6) is 0 Å². The molecule has 1 heterocycles. The molecule has 4 rings (SSSR count). The molecular formula is C19H17BrN2O2. The van der Waals surface area contributed by atoms with Gasteiger partial charge in [0.05, 0.1) is 16.5 Å². The van der Waals surface area contributed by atoms with E-state index in [4.69, 9.17) is 0 Å². The molecule has 0 saturated carbocycles. The molecule has 2 aromatic rings. The third-order valence-electron chi connectivity index (χ3n) is 5.19. The van der Waals surface area contributed by atoms with Crippen molar-refractivity contribution in [2.75, 3.05) is 5.32 Å². The molecule has 5 heteroatoms. The molecule has 0 amide bonds. The maximum Gasteiger partial charge on any atom is 0.274 e. The molecule has 0 radical (unpaired) electrons. The van der Waals surface area contributed by atoms with E-state index in [1.165, 1.54) is 11.1 Å². The highest BCUT2D eigenvalue weighted by atomic mass is 79.9. The summed E-state index contributed by atoms with van der Waals surface area (Å²) in [4.78, 5) is 11.0. The second-order valence-corrected chi connectivity index (χ2v) is 7.37. The SMILES string of the molecule is Cc1c([N+](=O)[O-])ccc2c1NC(c1ccc(Br)cc1)C1CC=CC21. The predicted octanol–water partition coefficient (Wildman–Crippen LogP) is 5.49. The van der Waals surface area contributed by atoms with E-state index >= 15 is 0 Å². The Morgan fingerprint density at radius 3 is 2.67 bits per heavy atom. The second kappa shape index (κ2) is 5.74. The van der Waals surface area contributed by atoms with Crippen molar-refractivity contribution in [1.29, 1.82) is 0 Å². The number of halogens is 1. The van der Waals surface area contributed by atoms with E-state index in [9.17, 15) is 10.1 Å². The molecule has 4 nitrogen and oxygen atoms in total. The number of rotatable bonds is 2. The molecule has 3 unspecified atom stereocenters. The van der Waals surface area contributed by atoms with Gasteiger partial charge in [0.15, 0.2) is 0 Å². The largest absolute Gasteiger partial charge is 0.377 e. The van der Waals surface area contributed by atoms with E-state index < -0.39 is 0 Å². The molecule has 2 aromatic carbocycles. The first-order chi connectivity index (χ1) is 11.6. The normalized spacial score (nSPS) is 24.2. The van der Waals surface area contributed by atoms with Gasteiger partial charge in [0.2, 0.25) is 0 Å². The molecule has 3 atom stereocenters. The van der Waals surface area contributed by atoms with Crippen molar-refractivity contribution in [2.24, 2.45) is 5.92 Å². The van der Waals surface area contributed by atoms with E-state index in [-0.39, 0.29) is 16.7 Å². The monoisotopic (exact) mass is 384 g/mol. The average Bonchev–Trinajstić information content (AvgIpc) is 3.05. The molecule has 1 aliphatic heterocycles. The number of fused-ring (bicyclic) bond motifs is 3. The summed E-state index contributed by atoms with van der Waals surface area (Å²) in [6.07, 6.45) is 5.50. The van der Waals surface area contributed by atoms with Gasteiger partial charge in [-0.2, -0.15) is 0 Å². The van der Waals surface area contributed by atoms with E-state index in [0.717, 1.165) is 22.1 Å². The Bertz CT molecular complexity index is 845. The molecule has 0 saturated heterocycles. The van der Waals surface area contributed by atoms with Gasteiger partial charge in [0.1, 0.15) is 0 Å². The van der Waals surface area contributed by atoms with Gasteiger partial charge in [-0.05, 0) is 48.6 Å². The van der Waals surface area contributed by atoms with Crippen molar-refractivity contribution in [1.82, 2.24) is 0 Å². The maximum atomic E-state index is 11.3. The van der Waals surface area contributed by atoms with Gasteiger partial charge >= 0.3 is 0 Å². The number of allylic oxidation sites excluding steroid dienone is 2. The summed E-state index contributed by atoms with van der Waals surface area (Å²) >= 11 is 3.48. The molecule has 1 aliphatic carbocycles. The van der Waals surface area contributed by atoms with E-state index in [1.54, 1.807) is 6.07 Å². The quantitative estimate of drug-likeness (QED) is 0.422. The molecule has 0 spiro atoms. The second-order valence-electron chi connectivity index (χ2n) is 6.46. The van der Waals surface area contributed by atoms with Crippen LogP contribution in [0.1, 0.15) is 35.1 Å². The van der Waals surface area contributed by atoms with Gasteiger partial charge in [-0.1, -0.05) is 40.2 Å². The van der Waals surface area contributed by atoms with Gasteiger partial charge in [-0.25, -0.2) is 0 Å². The lowest BCUT2D eigenvalue weighted by Gasteiger charge is -2.38. The Hall–Kier alpha value is -2.14. The number of nitrogens with one attached hydrogen (secondary N) is 1.